The molecule has 7 nitrogen and oxygen atoms in total. The summed E-state index contributed by atoms with van der Waals surface area (Å²) in [4.78, 5) is 20.7. The maximum Gasteiger partial charge on any atom is 0.275 e. The molecule has 2 aromatic carbocycles. The summed E-state index contributed by atoms with van der Waals surface area (Å²) < 4.78 is 5.56. The minimum atomic E-state index is -0.404. The molecule has 1 amide bonds. The Labute approximate surface area is 156 Å². The van der Waals surface area contributed by atoms with E-state index in [0.29, 0.717) is 29.4 Å². The molecule has 1 heterocycles. The van der Waals surface area contributed by atoms with Gasteiger partial charge in [-0.15, -0.1) is 0 Å². The van der Waals surface area contributed by atoms with Crippen LogP contribution in [0.4, 0.5) is 17.2 Å². The van der Waals surface area contributed by atoms with Crippen LogP contribution in [0.25, 0.3) is 0 Å². The van der Waals surface area contributed by atoms with Crippen LogP contribution in [0.2, 0.25) is 0 Å². The molecule has 0 unspecified atom stereocenters. The van der Waals surface area contributed by atoms with Crippen molar-refractivity contribution in [1.82, 2.24) is 9.97 Å². The first-order chi connectivity index (χ1) is 13.2. The first-order valence-electron chi connectivity index (χ1n) is 8.32. The summed E-state index contributed by atoms with van der Waals surface area (Å²) in [6.07, 6.45) is 2.86. The number of rotatable bonds is 6. The molecule has 0 fully saturated rings. The van der Waals surface area contributed by atoms with Crippen molar-refractivity contribution in [3.8, 4) is 11.8 Å². The number of benzene rings is 2. The number of anilines is 3. The highest BCUT2D eigenvalue weighted by molar-refractivity contribution is 6.02. The Morgan fingerprint density at radius 2 is 2.00 bits per heavy atom. The number of carbonyl (C=O) groups excluding carboxylic acids is 1. The number of aromatic nitrogens is 2. The molecule has 3 aromatic rings. The van der Waals surface area contributed by atoms with Gasteiger partial charge in [0.2, 0.25) is 0 Å². The van der Waals surface area contributed by atoms with Crippen LogP contribution in [0.1, 0.15) is 23.0 Å². The first kappa shape index (κ1) is 17.9. The molecule has 0 saturated carbocycles. The van der Waals surface area contributed by atoms with Gasteiger partial charge in [-0.25, -0.2) is 9.97 Å². The van der Waals surface area contributed by atoms with Gasteiger partial charge in [-0.05, 0) is 37.3 Å². The van der Waals surface area contributed by atoms with Crippen molar-refractivity contribution in [3.05, 3.63) is 72.2 Å². The molecule has 27 heavy (non-hydrogen) atoms. The SMILES string of the molecule is CCOc1ccccc1Nc1cnc(C(=O)Nc2cccc(C#N)c2)cn1. The highest BCUT2D eigenvalue weighted by Crippen LogP contribution is 2.26. The Kier molecular flexibility index (Phi) is 5.60. The van der Waals surface area contributed by atoms with E-state index >= 15 is 0 Å². The van der Waals surface area contributed by atoms with E-state index in [9.17, 15) is 4.79 Å². The van der Waals surface area contributed by atoms with Gasteiger partial charge in [0.05, 0.1) is 36.3 Å². The number of ether oxygens (including phenoxy) is 1. The number of para-hydroxylation sites is 2. The summed E-state index contributed by atoms with van der Waals surface area (Å²) >= 11 is 0. The quantitative estimate of drug-likeness (QED) is 0.695. The van der Waals surface area contributed by atoms with Gasteiger partial charge in [-0.2, -0.15) is 5.26 Å². The Bertz CT molecular complexity index is 980. The monoisotopic (exact) mass is 359 g/mol. The van der Waals surface area contributed by atoms with Gasteiger partial charge in [-0.1, -0.05) is 18.2 Å². The number of hydrogen-bond donors (Lipinski definition) is 2. The van der Waals surface area contributed by atoms with Crippen molar-refractivity contribution >= 4 is 23.1 Å². The van der Waals surface area contributed by atoms with Crippen LogP contribution in [0.5, 0.6) is 5.75 Å². The lowest BCUT2D eigenvalue weighted by molar-refractivity contribution is 0.102. The average Bonchev–Trinajstić information content (AvgIpc) is 2.70. The van der Waals surface area contributed by atoms with E-state index in [1.165, 1.54) is 12.4 Å². The van der Waals surface area contributed by atoms with E-state index in [0.717, 1.165) is 5.69 Å². The van der Waals surface area contributed by atoms with Gasteiger partial charge in [0.25, 0.3) is 5.91 Å². The summed E-state index contributed by atoms with van der Waals surface area (Å²) in [5.41, 5.74) is 1.92. The summed E-state index contributed by atoms with van der Waals surface area (Å²) in [7, 11) is 0. The Hall–Kier alpha value is -3.92. The van der Waals surface area contributed by atoms with Crippen molar-refractivity contribution in [1.29, 1.82) is 5.26 Å². The first-order valence-corrected chi connectivity index (χ1v) is 8.32. The fraction of sp³-hybridized carbons (Fsp3) is 0.100. The van der Waals surface area contributed by atoms with Crippen LogP contribution in [0.15, 0.2) is 60.9 Å². The molecule has 0 atom stereocenters. The topological polar surface area (TPSA) is 99.9 Å². The molecule has 3 rings (SSSR count). The predicted molar refractivity (Wildman–Crippen MR) is 102 cm³/mol. The normalized spacial score (nSPS) is 9.93. The Morgan fingerprint density at radius 1 is 1.15 bits per heavy atom. The van der Waals surface area contributed by atoms with E-state index in [2.05, 4.69) is 20.6 Å². The molecular weight excluding hydrogens is 342 g/mol. The van der Waals surface area contributed by atoms with Crippen LogP contribution in [0.3, 0.4) is 0 Å². The maximum absolute atomic E-state index is 12.3. The number of amides is 1. The number of nitrogens with one attached hydrogen (secondary N) is 2. The van der Waals surface area contributed by atoms with Crippen molar-refractivity contribution in [2.75, 3.05) is 17.2 Å². The van der Waals surface area contributed by atoms with Crippen LogP contribution in [0, 0.1) is 11.3 Å². The van der Waals surface area contributed by atoms with Crippen molar-refractivity contribution in [2.24, 2.45) is 0 Å². The van der Waals surface area contributed by atoms with Gasteiger partial charge in [0.1, 0.15) is 17.3 Å². The number of nitrogens with zero attached hydrogens (tertiary/aromatic N) is 3. The van der Waals surface area contributed by atoms with Gasteiger partial charge in [-0.3, -0.25) is 4.79 Å². The molecule has 7 heteroatoms. The van der Waals surface area contributed by atoms with Gasteiger partial charge in [0.15, 0.2) is 0 Å². The van der Waals surface area contributed by atoms with Crippen molar-refractivity contribution in [3.63, 3.8) is 0 Å². The minimum absolute atomic E-state index is 0.168. The predicted octanol–water partition coefficient (Wildman–Crippen LogP) is 3.74. The van der Waals surface area contributed by atoms with Crippen LogP contribution >= 0.6 is 0 Å². The van der Waals surface area contributed by atoms with Crippen LogP contribution in [-0.2, 0) is 0 Å². The maximum atomic E-state index is 12.3. The van der Waals surface area contributed by atoms with Crippen molar-refractivity contribution in [2.45, 2.75) is 6.92 Å². The lowest BCUT2D eigenvalue weighted by atomic mass is 10.2. The van der Waals surface area contributed by atoms with E-state index in [4.69, 9.17) is 10.00 Å². The van der Waals surface area contributed by atoms with Crippen LogP contribution in [-0.4, -0.2) is 22.5 Å². The smallest absolute Gasteiger partial charge is 0.275 e. The second-order valence-electron chi connectivity index (χ2n) is 5.49. The number of carbonyl (C=O) groups is 1. The molecule has 0 spiro atoms. The zero-order chi connectivity index (χ0) is 19.1. The van der Waals surface area contributed by atoms with Gasteiger partial charge in [0, 0.05) is 5.69 Å². The summed E-state index contributed by atoms with van der Waals surface area (Å²) in [6, 6.07) is 16.2. The lowest BCUT2D eigenvalue weighted by Crippen LogP contribution is -2.14. The fourth-order valence-corrected chi connectivity index (χ4v) is 2.36. The average molecular weight is 359 g/mol. The van der Waals surface area contributed by atoms with Crippen LogP contribution < -0.4 is 15.4 Å². The number of hydrogen-bond acceptors (Lipinski definition) is 6. The molecule has 2 N–H and O–H groups in total. The molecular formula is C20H17N5O2. The molecule has 0 aliphatic rings. The molecule has 134 valence electrons. The second kappa shape index (κ2) is 8.45. The largest absolute Gasteiger partial charge is 0.492 e. The van der Waals surface area contributed by atoms with E-state index in [1.54, 1.807) is 24.3 Å². The zero-order valence-corrected chi connectivity index (χ0v) is 14.6. The molecule has 0 aliphatic carbocycles. The summed E-state index contributed by atoms with van der Waals surface area (Å²) in [5, 5.41) is 14.7. The Morgan fingerprint density at radius 3 is 2.74 bits per heavy atom. The third-order valence-corrected chi connectivity index (χ3v) is 3.58. The standard InChI is InChI=1S/C20H17N5O2/c1-2-27-18-9-4-3-8-16(18)25-19-13-22-17(12-23-19)20(26)24-15-7-5-6-14(10-15)11-21/h3-10,12-13H,2H2,1H3,(H,23,25)(H,24,26). The summed E-state index contributed by atoms with van der Waals surface area (Å²) in [5.74, 6) is 0.796. The van der Waals surface area contributed by atoms with Crippen molar-refractivity contribution < 1.29 is 9.53 Å². The zero-order valence-electron chi connectivity index (χ0n) is 14.6. The fourth-order valence-electron chi connectivity index (χ4n) is 2.36. The molecule has 1 aromatic heterocycles. The third-order valence-electron chi connectivity index (χ3n) is 3.58. The highest BCUT2D eigenvalue weighted by atomic mass is 16.5. The highest BCUT2D eigenvalue weighted by Gasteiger charge is 2.10. The summed E-state index contributed by atoms with van der Waals surface area (Å²) in [6.45, 7) is 2.47. The molecule has 0 bridgehead atoms. The minimum Gasteiger partial charge on any atom is -0.492 e. The Balaban J connectivity index is 1.70. The number of nitriles is 1. The molecule has 0 saturated heterocycles. The second-order valence-corrected chi connectivity index (χ2v) is 5.49. The van der Waals surface area contributed by atoms with E-state index < -0.39 is 5.91 Å². The molecule has 0 aliphatic heterocycles. The lowest BCUT2D eigenvalue weighted by Gasteiger charge is -2.11. The van der Waals surface area contributed by atoms with Gasteiger partial charge < -0.3 is 15.4 Å². The van der Waals surface area contributed by atoms with E-state index in [1.807, 2.05) is 37.3 Å². The molecule has 0 radical (unpaired) electrons. The van der Waals surface area contributed by atoms with Gasteiger partial charge >= 0.3 is 0 Å². The van der Waals surface area contributed by atoms with E-state index in [-0.39, 0.29) is 5.69 Å². The third kappa shape index (κ3) is 4.58.